The Hall–Kier alpha value is -3.15. The van der Waals surface area contributed by atoms with E-state index in [1.807, 2.05) is 29.2 Å². The Labute approximate surface area is 164 Å². The topological polar surface area (TPSA) is 68.5 Å². The van der Waals surface area contributed by atoms with E-state index in [0.29, 0.717) is 24.4 Å². The van der Waals surface area contributed by atoms with Gasteiger partial charge in [0.1, 0.15) is 11.5 Å². The number of ether oxygens (including phenoxy) is 1. The van der Waals surface area contributed by atoms with E-state index >= 15 is 0 Å². The van der Waals surface area contributed by atoms with Crippen LogP contribution in [-0.2, 0) is 6.42 Å². The van der Waals surface area contributed by atoms with Gasteiger partial charge in [-0.25, -0.2) is 4.98 Å². The molecule has 0 bridgehead atoms. The van der Waals surface area contributed by atoms with Crippen molar-refractivity contribution < 1.29 is 13.9 Å². The number of carbonyl (C=O) groups is 1. The summed E-state index contributed by atoms with van der Waals surface area (Å²) in [4.78, 5) is 23.1. The van der Waals surface area contributed by atoms with Crippen LogP contribution >= 0.6 is 0 Å². The predicted molar refractivity (Wildman–Crippen MR) is 104 cm³/mol. The molecule has 1 saturated heterocycles. The number of oxazole rings is 1. The molecule has 1 fully saturated rings. The van der Waals surface area contributed by atoms with E-state index in [-0.39, 0.29) is 11.8 Å². The maximum absolute atomic E-state index is 12.7. The molecule has 1 aliphatic heterocycles. The van der Waals surface area contributed by atoms with E-state index in [4.69, 9.17) is 9.15 Å². The molecule has 3 aromatic rings. The summed E-state index contributed by atoms with van der Waals surface area (Å²) in [6.45, 7) is 1.37. The van der Waals surface area contributed by atoms with Gasteiger partial charge >= 0.3 is 0 Å². The summed E-state index contributed by atoms with van der Waals surface area (Å²) in [5.74, 6) is 2.52. The van der Waals surface area contributed by atoms with Gasteiger partial charge in [0.25, 0.3) is 5.91 Å². The van der Waals surface area contributed by atoms with Crippen LogP contribution in [0.2, 0.25) is 0 Å². The summed E-state index contributed by atoms with van der Waals surface area (Å²) in [5.41, 5.74) is 1.76. The van der Waals surface area contributed by atoms with E-state index in [0.717, 1.165) is 36.5 Å². The molecule has 0 N–H and O–H groups in total. The van der Waals surface area contributed by atoms with E-state index in [1.165, 1.54) is 0 Å². The fraction of sp³-hybridized carbons (Fsp3) is 0.318. The van der Waals surface area contributed by atoms with Crippen molar-refractivity contribution in [3.63, 3.8) is 0 Å². The number of likely N-dealkylation sites (tertiary alicyclic amines) is 1. The van der Waals surface area contributed by atoms with Gasteiger partial charge in [-0.2, -0.15) is 0 Å². The largest absolute Gasteiger partial charge is 0.497 e. The Morgan fingerprint density at radius 2 is 2.11 bits per heavy atom. The van der Waals surface area contributed by atoms with Crippen LogP contribution in [-0.4, -0.2) is 41.0 Å². The summed E-state index contributed by atoms with van der Waals surface area (Å²) >= 11 is 0. The lowest BCUT2D eigenvalue weighted by atomic mass is 9.97. The van der Waals surface area contributed by atoms with Gasteiger partial charge in [-0.05, 0) is 42.7 Å². The number of rotatable bonds is 5. The smallest absolute Gasteiger partial charge is 0.255 e. The second-order valence-corrected chi connectivity index (χ2v) is 7.02. The van der Waals surface area contributed by atoms with E-state index in [9.17, 15) is 4.79 Å². The first-order valence-corrected chi connectivity index (χ1v) is 9.50. The molecule has 4 rings (SSSR count). The third-order valence-electron chi connectivity index (χ3n) is 5.08. The van der Waals surface area contributed by atoms with Gasteiger partial charge < -0.3 is 14.1 Å². The molecule has 1 amide bonds. The molecule has 1 aromatic carbocycles. The summed E-state index contributed by atoms with van der Waals surface area (Å²) in [5, 5.41) is 0. The number of hydrogen-bond donors (Lipinski definition) is 0. The minimum absolute atomic E-state index is 0.0165. The molecule has 0 radical (unpaired) electrons. The second-order valence-electron chi connectivity index (χ2n) is 7.02. The minimum Gasteiger partial charge on any atom is -0.497 e. The van der Waals surface area contributed by atoms with Crippen molar-refractivity contribution in [2.45, 2.75) is 25.2 Å². The number of nitrogens with zero attached hydrogens (tertiary/aromatic N) is 3. The fourth-order valence-electron chi connectivity index (χ4n) is 3.57. The van der Waals surface area contributed by atoms with Crippen LogP contribution in [0.15, 0.2) is 59.4 Å². The molecule has 0 saturated carbocycles. The number of carbonyl (C=O) groups excluding carboxylic acids is 1. The van der Waals surface area contributed by atoms with Gasteiger partial charge in [0.15, 0.2) is 5.89 Å². The van der Waals surface area contributed by atoms with Crippen LogP contribution in [0.1, 0.15) is 46.3 Å². The van der Waals surface area contributed by atoms with Crippen molar-refractivity contribution in [1.82, 2.24) is 14.9 Å². The lowest BCUT2D eigenvalue weighted by Crippen LogP contribution is -2.39. The van der Waals surface area contributed by atoms with Crippen molar-refractivity contribution in [3.05, 3.63) is 77.8 Å². The minimum atomic E-state index is 0.0165. The fourth-order valence-corrected chi connectivity index (χ4v) is 3.57. The number of methoxy groups -OCH3 is 1. The van der Waals surface area contributed by atoms with Crippen molar-refractivity contribution in [2.75, 3.05) is 20.2 Å². The van der Waals surface area contributed by atoms with Crippen LogP contribution in [0, 0.1) is 0 Å². The molecule has 2 aromatic heterocycles. The van der Waals surface area contributed by atoms with Crippen molar-refractivity contribution >= 4 is 5.91 Å². The van der Waals surface area contributed by atoms with Crippen molar-refractivity contribution in [1.29, 1.82) is 0 Å². The van der Waals surface area contributed by atoms with Crippen LogP contribution < -0.4 is 4.74 Å². The van der Waals surface area contributed by atoms with Gasteiger partial charge in [-0.1, -0.05) is 12.1 Å². The number of amides is 1. The summed E-state index contributed by atoms with van der Waals surface area (Å²) in [7, 11) is 1.66. The van der Waals surface area contributed by atoms with Crippen LogP contribution in [0.5, 0.6) is 5.75 Å². The third-order valence-corrected chi connectivity index (χ3v) is 5.08. The monoisotopic (exact) mass is 377 g/mol. The predicted octanol–water partition coefficient (Wildman–Crippen LogP) is 3.69. The van der Waals surface area contributed by atoms with E-state index in [2.05, 4.69) is 9.97 Å². The van der Waals surface area contributed by atoms with Gasteiger partial charge in [-0.15, -0.1) is 0 Å². The summed E-state index contributed by atoms with van der Waals surface area (Å²) < 4.78 is 11.2. The first kappa shape index (κ1) is 18.2. The van der Waals surface area contributed by atoms with Crippen LogP contribution in [0.4, 0.5) is 0 Å². The maximum atomic E-state index is 12.7. The average Bonchev–Trinajstić information content (AvgIpc) is 3.23. The molecule has 3 heterocycles. The normalized spacial score (nSPS) is 16.8. The Bertz CT molecular complexity index is 922. The molecule has 1 aliphatic rings. The van der Waals surface area contributed by atoms with E-state index < -0.39 is 0 Å². The Kier molecular flexibility index (Phi) is 5.37. The highest BCUT2D eigenvalue weighted by Gasteiger charge is 2.28. The summed E-state index contributed by atoms with van der Waals surface area (Å²) in [6.07, 6.45) is 7.67. The Balaban J connectivity index is 1.42. The highest BCUT2D eigenvalue weighted by molar-refractivity contribution is 5.93. The first-order chi connectivity index (χ1) is 13.7. The van der Waals surface area contributed by atoms with Crippen molar-refractivity contribution in [3.8, 4) is 5.75 Å². The molecular formula is C22H23N3O3. The molecular weight excluding hydrogens is 354 g/mol. The highest BCUT2D eigenvalue weighted by atomic mass is 16.5. The van der Waals surface area contributed by atoms with Crippen LogP contribution in [0.25, 0.3) is 0 Å². The Morgan fingerprint density at radius 3 is 2.86 bits per heavy atom. The van der Waals surface area contributed by atoms with Crippen molar-refractivity contribution in [2.24, 2.45) is 0 Å². The molecule has 0 unspecified atom stereocenters. The third kappa shape index (κ3) is 4.06. The van der Waals surface area contributed by atoms with E-state index in [1.54, 1.807) is 37.8 Å². The molecule has 144 valence electrons. The number of benzene rings is 1. The zero-order valence-corrected chi connectivity index (χ0v) is 15.9. The zero-order valence-electron chi connectivity index (χ0n) is 15.9. The molecule has 0 aliphatic carbocycles. The number of hydrogen-bond acceptors (Lipinski definition) is 5. The number of pyridine rings is 1. The highest BCUT2D eigenvalue weighted by Crippen LogP contribution is 2.28. The zero-order chi connectivity index (χ0) is 19.3. The standard InChI is InChI=1S/C22H23N3O3/c1-27-19-8-6-16(7-9-19)12-20-14-24-21(28-20)18-5-3-11-25(15-18)22(26)17-4-2-10-23-13-17/h2,4,6-10,13-14,18H,3,5,11-12,15H2,1H3/t18-/m1/s1. The van der Waals surface area contributed by atoms with Gasteiger partial charge in [-0.3, -0.25) is 9.78 Å². The molecule has 6 nitrogen and oxygen atoms in total. The molecule has 28 heavy (non-hydrogen) atoms. The maximum Gasteiger partial charge on any atom is 0.255 e. The second kappa shape index (κ2) is 8.25. The lowest BCUT2D eigenvalue weighted by Gasteiger charge is -2.31. The SMILES string of the molecule is COc1ccc(Cc2cnc([C@@H]3CCCN(C(=O)c4cccnc4)C3)o2)cc1. The molecule has 1 atom stereocenters. The average molecular weight is 377 g/mol. The van der Waals surface area contributed by atoms with Gasteiger partial charge in [0, 0.05) is 31.9 Å². The molecule has 6 heteroatoms. The Morgan fingerprint density at radius 1 is 1.25 bits per heavy atom. The van der Waals surface area contributed by atoms with Gasteiger partial charge in [0.2, 0.25) is 0 Å². The molecule has 0 spiro atoms. The first-order valence-electron chi connectivity index (χ1n) is 9.50. The quantitative estimate of drug-likeness (QED) is 0.678. The lowest BCUT2D eigenvalue weighted by molar-refractivity contribution is 0.0697. The summed E-state index contributed by atoms with van der Waals surface area (Å²) in [6, 6.07) is 11.5. The number of aromatic nitrogens is 2. The van der Waals surface area contributed by atoms with Crippen LogP contribution in [0.3, 0.4) is 0 Å². The van der Waals surface area contributed by atoms with Gasteiger partial charge in [0.05, 0.1) is 24.8 Å². The number of piperidine rings is 1.